The maximum atomic E-state index is 11.2. The van der Waals surface area contributed by atoms with Gasteiger partial charge in [0.05, 0.1) is 6.07 Å². The highest BCUT2D eigenvalue weighted by atomic mass is 16.2. The number of fused-ring (bicyclic) bond motifs is 1. The molecule has 0 saturated carbocycles. The van der Waals surface area contributed by atoms with Crippen molar-refractivity contribution in [2.45, 2.75) is 12.0 Å². The Hall–Kier alpha value is -1.56. The van der Waals surface area contributed by atoms with E-state index in [2.05, 4.69) is 6.07 Å². The van der Waals surface area contributed by atoms with Crippen LogP contribution in [0.2, 0.25) is 0 Å². The van der Waals surface area contributed by atoms with Crippen LogP contribution in [0.25, 0.3) is 0 Å². The van der Waals surface area contributed by atoms with Crippen LogP contribution in [-0.4, -0.2) is 22.9 Å². The Morgan fingerprint density at radius 2 is 2.42 bits per heavy atom. The van der Waals surface area contributed by atoms with Crippen molar-refractivity contribution in [1.82, 2.24) is 4.90 Å². The van der Waals surface area contributed by atoms with E-state index in [1.165, 1.54) is 6.08 Å². The van der Waals surface area contributed by atoms with Gasteiger partial charge in [-0.2, -0.15) is 5.26 Å². The van der Waals surface area contributed by atoms with Gasteiger partial charge in [0.2, 0.25) is 5.91 Å². The molecule has 0 N–H and O–H groups in total. The van der Waals surface area contributed by atoms with Gasteiger partial charge in [0.15, 0.2) is 5.54 Å². The van der Waals surface area contributed by atoms with Crippen molar-refractivity contribution in [2.24, 2.45) is 0 Å². The van der Waals surface area contributed by atoms with E-state index in [0.717, 1.165) is 0 Å². The van der Waals surface area contributed by atoms with E-state index in [4.69, 9.17) is 5.26 Å². The zero-order valence-corrected chi connectivity index (χ0v) is 6.53. The highest BCUT2D eigenvalue weighted by Gasteiger charge is 2.41. The van der Waals surface area contributed by atoms with Crippen molar-refractivity contribution in [3.8, 4) is 6.07 Å². The number of hydrogen-bond acceptors (Lipinski definition) is 2. The average molecular weight is 160 g/mol. The average Bonchev–Trinajstić information content (AvgIpc) is 2.46. The van der Waals surface area contributed by atoms with Gasteiger partial charge in [-0.15, -0.1) is 0 Å². The number of rotatable bonds is 0. The van der Waals surface area contributed by atoms with E-state index < -0.39 is 5.54 Å². The van der Waals surface area contributed by atoms with Crippen LogP contribution in [0.3, 0.4) is 0 Å². The molecule has 60 valence electrons. The molecule has 2 rings (SSSR count). The van der Waals surface area contributed by atoms with Crippen LogP contribution in [0.5, 0.6) is 0 Å². The Kier molecular flexibility index (Phi) is 1.31. The summed E-state index contributed by atoms with van der Waals surface area (Å²) >= 11 is 0. The molecular weight excluding hydrogens is 152 g/mol. The molecule has 0 aromatic heterocycles. The maximum absolute atomic E-state index is 11.2. The molecule has 0 bridgehead atoms. The fourth-order valence-corrected chi connectivity index (χ4v) is 1.60. The lowest BCUT2D eigenvalue weighted by Gasteiger charge is -2.32. The monoisotopic (exact) mass is 160 g/mol. The zero-order chi connectivity index (χ0) is 8.60. The Labute approximate surface area is 70.6 Å². The number of hydrogen-bond donors (Lipinski definition) is 0. The predicted molar refractivity (Wildman–Crippen MR) is 43.0 cm³/mol. The lowest BCUT2D eigenvalue weighted by Crippen LogP contribution is -2.46. The van der Waals surface area contributed by atoms with E-state index in [1.807, 2.05) is 12.2 Å². The lowest BCUT2D eigenvalue weighted by atomic mass is 9.94. The van der Waals surface area contributed by atoms with E-state index in [-0.39, 0.29) is 5.91 Å². The molecule has 1 atom stereocenters. The summed E-state index contributed by atoms with van der Waals surface area (Å²) in [6.07, 6.45) is 7.66. The molecule has 12 heavy (non-hydrogen) atoms. The molecule has 1 unspecified atom stereocenters. The third-order valence-electron chi connectivity index (χ3n) is 2.33. The Bertz CT molecular complexity index is 324. The second-order valence-electron chi connectivity index (χ2n) is 2.99. The summed E-state index contributed by atoms with van der Waals surface area (Å²) in [6, 6.07) is 2.18. The predicted octanol–water partition coefficient (Wildman–Crippen LogP) is 0.607. The minimum atomic E-state index is -0.675. The van der Waals surface area contributed by atoms with E-state index in [9.17, 15) is 4.79 Å². The zero-order valence-electron chi connectivity index (χ0n) is 6.53. The molecule has 0 saturated heterocycles. The third kappa shape index (κ3) is 0.722. The molecule has 0 aliphatic carbocycles. The minimum Gasteiger partial charge on any atom is -0.313 e. The lowest BCUT2D eigenvalue weighted by molar-refractivity contribution is -0.127. The van der Waals surface area contributed by atoms with Gasteiger partial charge in [0, 0.05) is 19.0 Å². The standard InChI is InChI=1S/C9H8N2O/c10-7-9-4-1-2-6-11(9)8(12)3-5-9/h1-3,5H,4,6H2. The van der Waals surface area contributed by atoms with Crippen LogP contribution < -0.4 is 0 Å². The summed E-state index contributed by atoms with van der Waals surface area (Å²) in [6.45, 7) is 0.555. The summed E-state index contributed by atoms with van der Waals surface area (Å²) in [4.78, 5) is 12.8. The molecule has 1 amide bonds. The Balaban J connectivity index is 2.43. The van der Waals surface area contributed by atoms with Crippen molar-refractivity contribution in [2.75, 3.05) is 6.54 Å². The van der Waals surface area contributed by atoms with E-state index >= 15 is 0 Å². The third-order valence-corrected chi connectivity index (χ3v) is 2.33. The fraction of sp³-hybridized carbons (Fsp3) is 0.333. The largest absolute Gasteiger partial charge is 0.313 e. The van der Waals surface area contributed by atoms with E-state index in [1.54, 1.807) is 11.0 Å². The second kappa shape index (κ2) is 2.21. The van der Waals surface area contributed by atoms with Crippen molar-refractivity contribution >= 4 is 5.91 Å². The van der Waals surface area contributed by atoms with Gasteiger partial charge in [-0.1, -0.05) is 12.2 Å². The quantitative estimate of drug-likeness (QED) is 0.487. The molecule has 0 radical (unpaired) electrons. The van der Waals surface area contributed by atoms with Crippen molar-refractivity contribution < 1.29 is 4.79 Å². The molecule has 0 fully saturated rings. The maximum Gasteiger partial charge on any atom is 0.248 e. The molecule has 0 aromatic rings. The highest BCUT2D eigenvalue weighted by molar-refractivity contribution is 5.92. The number of nitriles is 1. The topological polar surface area (TPSA) is 44.1 Å². The van der Waals surface area contributed by atoms with Crippen LogP contribution in [0.1, 0.15) is 6.42 Å². The normalized spacial score (nSPS) is 31.9. The summed E-state index contributed by atoms with van der Waals surface area (Å²) in [5, 5.41) is 8.94. The molecule has 0 spiro atoms. The van der Waals surface area contributed by atoms with Gasteiger partial charge < -0.3 is 4.90 Å². The molecule has 0 aromatic carbocycles. The molecular formula is C9H8N2O. The second-order valence-corrected chi connectivity index (χ2v) is 2.99. The van der Waals surface area contributed by atoms with Crippen molar-refractivity contribution in [3.63, 3.8) is 0 Å². The highest BCUT2D eigenvalue weighted by Crippen LogP contribution is 2.29. The summed E-state index contributed by atoms with van der Waals surface area (Å²) in [7, 11) is 0. The summed E-state index contributed by atoms with van der Waals surface area (Å²) < 4.78 is 0. The number of carbonyl (C=O) groups excluding carboxylic acids is 1. The van der Waals surface area contributed by atoms with Gasteiger partial charge in [-0.25, -0.2) is 0 Å². The first-order chi connectivity index (χ1) is 5.78. The number of carbonyl (C=O) groups is 1. The Morgan fingerprint density at radius 1 is 1.58 bits per heavy atom. The SMILES string of the molecule is N#CC12C=CC(=O)N1CC=CC2. The molecule has 2 aliphatic heterocycles. The van der Waals surface area contributed by atoms with Gasteiger partial charge in [-0.3, -0.25) is 4.79 Å². The van der Waals surface area contributed by atoms with Crippen LogP contribution in [-0.2, 0) is 4.79 Å². The first-order valence-electron chi connectivity index (χ1n) is 3.86. The molecule has 3 nitrogen and oxygen atoms in total. The number of nitrogens with zero attached hydrogens (tertiary/aromatic N) is 2. The van der Waals surface area contributed by atoms with Gasteiger partial charge in [0.1, 0.15) is 0 Å². The van der Waals surface area contributed by atoms with Gasteiger partial charge in [0.25, 0.3) is 0 Å². The van der Waals surface area contributed by atoms with Crippen molar-refractivity contribution in [3.05, 3.63) is 24.3 Å². The molecule has 3 heteroatoms. The molecule has 2 heterocycles. The van der Waals surface area contributed by atoms with Crippen LogP contribution in [0.4, 0.5) is 0 Å². The Morgan fingerprint density at radius 3 is 3.08 bits per heavy atom. The number of amides is 1. The minimum absolute atomic E-state index is 0.0547. The first-order valence-corrected chi connectivity index (χ1v) is 3.86. The molecule has 2 aliphatic rings. The van der Waals surface area contributed by atoms with Crippen LogP contribution in [0, 0.1) is 11.3 Å². The first kappa shape index (κ1) is 7.11. The van der Waals surface area contributed by atoms with Gasteiger partial charge >= 0.3 is 0 Å². The summed E-state index contributed by atoms with van der Waals surface area (Å²) in [5.41, 5.74) is -0.675. The summed E-state index contributed by atoms with van der Waals surface area (Å²) in [5.74, 6) is -0.0547. The van der Waals surface area contributed by atoms with Crippen LogP contribution >= 0.6 is 0 Å². The smallest absolute Gasteiger partial charge is 0.248 e. The van der Waals surface area contributed by atoms with Crippen LogP contribution in [0.15, 0.2) is 24.3 Å². The fourth-order valence-electron chi connectivity index (χ4n) is 1.60. The van der Waals surface area contributed by atoms with Crippen molar-refractivity contribution in [1.29, 1.82) is 5.26 Å². The van der Waals surface area contributed by atoms with E-state index in [0.29, 0.717) is 13.0 Å². The van der Waals surface area contributed by atoms with Gasteiger partial charge in [-0.05, 0) is 6.08 Å².